The number of methoxy groups -OCH3 is 1. The van der Waals surface area contributed by atoms with Gasteiger partial charge in [0, 0.05) is 0 Å². The second-order valence-corrected chi connectivity index (χ2v) is 3.20. The third-order valence-electron chi connectivity index (χ3n) is 2.01. The molecule has 1 rings (SSSR count). The van der Waals surface area contributed by atoms with Crippen molar-refractivity contribution in [1.29, 1.82) is 5.26 Å². The number of ether oxygens (including phenoxy) is 1. The lowest BCUT2D eigenvalue weighted by Gasteiger charge is -2.16. The van der Waals surface area contributed by atoms with E-state index in [9.17, 15) is 5.11 Å². The molecule has 1 aromatic carbocycles. The fourth-order valence-corrected chi connectivity index (χ4v) is 1.07. The van der Waals surface area contributed by atoms with Crippen molar-refractivity contribution in [3.8, 4) is 17.6 Å². The number of phenols is 1. The number of rotatable bonds is 2. The van der Waals surface area contributed by atoms with Crippen LogP contribution in [0.2, 0.25) is 0 Å². The van der Waals surface area contributed by atoms with Crippen LogP contribution in [-0.4, -0.2) is 12.2 Å². The molecule has 0 saturated heterocycles. The van der Waals surface area contributed by atoms with Gasteiger partial charge in [-0.3, -0.25) is 0 Å². The monoisotopic (exact) mass is 192 g/mol. The van der Waals surface area contributed by atoms with Crippen molar-refractivity contribution in [3.05, 3.63) is 23.8 Å². The average Bonchev–Trinajstić information content (AvgIpc) is 2.18. The van der Waals surface area contributed by atoms with Gasteiger partial charge in [-0.05, 0) is 24.6 Å². The van der Waals surface area contributed by atoms with Crippen molar-refractivity contribution < 1.29 is 9.84 Å². The molecular weight excluding hydrogens is 180 g/mol. The molecule has 0 bridgehead atoms. The largest absolute Gasteiger partial charge is 0.504 e. The molecule has 0 heterocycles. The van der Waals surface area contributed by atoms with E-state index < -0.39 is 5.54 Å². The number of phenolic OH excluding ortho intramolecular Hbond substituents is 1. The number of nitrogens with zero attached hydrogens (tertiary/aromatic N) is 1. The molecule has 1 aromatic rings. The minimum atomic E-state index is -1.07. The summed E-state index contributed by atoms with van der Waals surface area (Å²) in [5.74, 6) is 0.347. The summed E-state index contributed by atoms with van der Waals surface area (Å²) in [6.45, 7) is 1.60. The van der Waals surface area contributed by atoms with E-state index >= 15 is 0 Å². The van der Waals surface area contributed by atoms with E-state index in [0.29, 0.717) is 11.3 Å². The Morgan fingerprint density at radius 3 is 2.71 bits per heavy atom. The Balaban J connectivity index is 3.21. The Morgan fingerprint density at radius 1 is 1.57 bits per heavy atom. The van der Waals surface area contributed by atoms with Crippen LogP contribution < -0.4 is 10.5 Å². The minimum absolute atomic E-state index is 0.0324. The lowest BCUT2D eigenvalue weighted by atomic mass is 9.95. The minimum Gasteiger partial charge on any atom is -0.504 e. The molecule has 0 unspecified atom stereocenters. The summed E-state index contributed by atoms with van der Waals surface area (Å²) in [5, 5.41) is 18.1. The topological polar surface area (TPSA) is 79.3 Å². The van der Waals surface area contributed by atoms with Crippen LogP contribution in [0.3, 0.4) is 0 Å². The van der Waals surface area contributed by atoms with Gasteiger partial charge in [0.1, 0.15) is 5.54 Å². The van der Waals surface area contributed by atoms with E-state index in [1.807, 2.05) is 6.07 Å². The summed E-state index contributed by atoms with van der Waals surface area (Å²) in [4.78, 5) is 0. The molecule has 0 amide bonds. The first-order valence-corrected chi connectivity index (χ1v) is 4.09. The smallest absolute Gasteiger partial charge is 0.160 e. The molecular formula is C10H12N2O2. The highest BCUT2D eigenvalue weighted by molar-refractivity contribution is 5.45. The number of hydrogen-bond acceptors (Lipinski definition) is 4. The molecule has 0 aromatic heterocycles. The first-order chi connectivity index (χ1) is 6.51. The number of nitrogens with two attached hydrogens (primary N) is 1. The Hall–Kier alpha value is -1.73. The number of benzene rings is 1. The molecule has 0 radical (unpaired) electrons. The summed E-state index contributed by atoms with van der Waals surface area (Å²) >= 11 is 0. The highest BCUT2D eigenvalue weighted by Gasteiger charge is 2.21. The van der Waals surface area contributed by atoms with Gasteiger partial charge in [0.25, 0.3) is 0 Å². The number of nitriles is 1. The molecule has 0 aliphatic rings. The van der Waals surface area contributed by atoms with Gasteiger partial charge in [-0.1, -0.05) is 6.07 Å². The SMILES string of the molecule is COc1cc([C@](C)(N)C#N)ccc1O. The van der Waals surface area contributed by atoms with Crippen molar-refractivity contribution in [3.63, 3.8) is 0 Å². The first-order valence-electron chi connectivity index (χ1n) is 4.09. The second-order valence-electron chi connectivity index (χ2n) is 3.20. The van der Waals surface area contributed by atoms with E-state index in [2.05, 4.69) is 0 Å². The van der Waals surface area contributed by atoms with Gasteiger partial charge in [0.15, 0.2) is 11.5 Å². The molecule has 1 atom stereocenters. The van der Waals surface area contributed by atoms with E-state index in [4.69, 9.17) is 15.7 Å². The van der Waals surface area contributed by atoms with E-state index in [0.717, 1.165) is 0 Å². The van der Waals surface area contributed by atoms with Crippen LogP contribution in [0.15, 0.2) is 18.2 Å². The van der Waals surface area contributed by atoms with Crippen LogP contribution in [0, 0.1) is 11.3 Å². The molecule has 74 valence electrons. The van der Waals surface area contributed by atoms with Gasteiger partial charge < -0.3 is 15.6 Å². The van der Waals surface area contributed by atoms with Crippen molar-refractivity contribution in [2.24, 2.45) is 5.73 Å². The fourth-order valence-electron chi connectivity index (χ4n) is 1.07. The summed E-state index contributed by atoms with van der Waals surface area (Å²) in [6.07, 6.45) is 0. The molecule has 0 aliphatic carbocycles. The predicted octanol–water partition coefficient (Wildman–Crippen LogP) is 1.10. The van der Waals surface area contributed by atoms with Crippen molar-refractivity contribution in [2.75, 3.05) is 7.11 Å². The first kappa shape index (κ1) is 10.4. The average molecular weight is 192 g/mol. The van der Waals surface area contributed by atoms with Crippen LogP contribution in [-0.2, 0) is 5.54 Å². The Kier molecular flexibility index (Phi) is 2.63. The highest BCUT2D eigenvalue weighted by Crippen LogP contribution is 2.29. The Labute approximate surface area is 82.5 Å². The standard InChI is InChI=1S/C10H12N2O2/c1-10(12,6-11)7-3-4-8(13)9(5-7)14-2/h3-5,13H,12H2,1-2H3/t10-/m1/s1. The van der Waals surface area contributed by atoms with Gasteiger partial charge in [0.05, 0.1) is 13.2 Å². The summed E-state index contributed by atoms with van der Waals surface area (Å²) < 4.78 is 4.91. The molecule has 3 N–H and O–H groups in total. The zero-order valence-corrected chi connectivity index (χ0v) is 8.11. The van der Waals surface area contributed by atoms with Gasteiger partial charge >= 0.3 is 0 Å². The summed E-state index contributed by atoms with van der Waals surface area (Å²) in [5.41, 5.74) is 5.25. The number of aromatic hydroxyl groups is 1. The van der Waals surface area contributed by atoms with E-state index in [1.165, 1.54) is 13.2 Å². The fraction of sp³-hybridized carbons (Fsp3) is 0.300. The zero-order valence-electron chi connectivity index (χ0n) is 8.11. The zero-order chi connectivity index (χ0) is 10.8. The number of hydrogen-bond donors (Lipinski definition) is 2. The molecule has 0 saturated carbocycles. The molecule has 0 spiro atoms. The summed E-state index contributed by atoms with van der Waals surface area (Å²) in [6, 6.07) is 6.58. The van der Waals surface area contributed by atoms with Crippen LogP contribution in [0.25, 0.3) is 0 Å². The predicted molar refractivity (Wildman–Crippen MR) is 51.8 cm³/mol. The molecule has 14 heavy (non-hydrogen) atoms. The van der Waals surface area contributed by atoms with Crippen LogP contribution in [0.4, 0.5) is 0 Å². The van der Waals surface area contributed by atoms with Gasteiger partial charge in [-0.15, -0.1) is 0 Å². The van der Waals surface area contributed by atoms with E-state index in [1.54, 1.807) is 19.1 Å². The maximum absolute atomic E-state index is 9.32. The van der Waals surface area contributed by atoms with E-state index in [-0.39, 0.29) is 5.75 Å². The van der Waals surface area contributed by atoms with Gasteiger partial charge in [-0.2, -0.15) is 5.26 Å². The third kappa shape index (κ3) is 1.78. The van der Waals surface area contributed by atoms with Gasteiger partial charge in [-0.25, -0.2) is 0 Å². The molecule has 0 aliphatic heterocycles. The second kappa shape index (κ2) is 3.56. The van der Waals surface area contributed by atoms with Crippen molar-refractivity contribution in [2.45, 2.75) is 12.5 Å². The van der Waals surface area contributed by atoms with Crippen molar-refractivity contribution >= 4 is 0 Å². The van der Waals surface area contributed by atoms with Crippen molar-refractivity contribution in [1.82, 2.24) is 0 Å². The normalized spacial score (nSPS) is 14.1. The summed E-state index contributed by atoms with van der Waals surface area (Å²) in [7, 11) is 1.44. The molecule has 0 fully saturated rings. The Morgan fingerprint density at radius 2 is 2.21 bits per heavy atom. The Bertz CT molecular complexity index is 380. The third-order valence-corrected chi connectivity index (χ3v) is 2.01. The highest BCUT2D eigenvalue weighted by atomic mass is 16.5. The molecule has 4 heteroatoms. The lowest BCUT2D eigenvalue weighted by molar-refractivity contribution is 0.372. The quantitative estimate of drug-likeness (QED) is 0.735. The lowest BCUT2D eigenvalue weighted by Crippen LogP contribution is -2.30. The maximum atomic E-state index is 9.32. The van der Waals surface area contributed by atoms with Crippen LogP contribution in [0.5, 0.6) is 11.5 Å². The molecule has 4 nitrogen and oxygen atoms in total. The van der Waals surface area contributed by atoms with Crippen LogP contribution in [0.1, 0.15) is 12.5 Å². The van der Waals surface area contributed by atoms with Gasteiger partial charge in [0.2, 0.25) is 0 Å². The van der Waals surface area contributed by atoms with Crippen LogP contribution >= 0.6 is 0 Å². The maximum Gasteiger partial charge on any atom is 0.160 e.